The second-order valence-electron chi connectivity index (χ2n) is 9.95. The molecule has 1 N–H and O–H groups in total. The van der Waals surface area contributed by atoms with Crippen LogP contribution in [0.2, 0.25) is 5.02 Å². The molecule has 2 aliphatic rings. The maximum atomic E-state index is 14.0. The Hall–Kier alpha value is -4.14. The Morgan fingerprint density at radius 2 is 1.80 bits per heavy atom. The molecule has 202 valence electrons. The molecular weight excluding hydrogens is 546 g/mol. The lowest BCUT2D eigenvalue weighted by Gasteiger charge is -2.25. The summed E-state index contributed by atoms with van der Waals surface area (Å²) in [7, 11) is 0. The van der Waals surface area contributed by atoms with E-state index in [2.05, 4.69) is 19.2 Å². The maximum absolute atomic E-state index is 14.0. The molecular formula is C31H26ClN3O4S. The normalized spacial score (nSPS) is 16.2. The van der Waals surface area contributed by atoms with Crippen LogP contribution in [0.1, 0.15) is 49.4 Å². The zero-order valence-electron chi connectivity index (χ0n) is 22.1. The third kappa shape index (κ3) is 4.74. The molecule has 0 bridgehead atoms. The summed E-state index contributed by atoms with van der Waals surface area (Å²) in [5, 5.41) is 3.42. The smallest absolute Gasteiger partial charge is 0.271 e. The van der Waals surface area contributed by atoms with Gasteiger partial charge in [0.25, 0.3) is 11.5 Å². The largest absolute Gasteiger partial charge is 0.454 e. The Labute approximate surface area is 239 Å². The topological polar surface area (TPSA) is 81.9 Å². The summed E-state index contributed by atoms with van der Waals surface area (Å²) in [5.41, 5.74) is 4.01. The van der Waals surface area contributed by atoms with Crippen LogP contribution in [0, 0.1) is 0 Å². The van der Waals surface area contributed by atoms with E-state index in [0.29, 0.717) is 54.3 Å². The number of rotatable bonds is 5. The fourth-order valence-corrected chi connectivity index (χ4v) is 6.14. The van der Waals surface area contributed by atoms with Gasteiger partial charge in [-0.1, -0.05) is 79.2 Å². The molecule has 0 radical (unpaired) electrons. The van der Waals surface area contributed by atoms with Gasteiger partial charge < -0.3 is 14.8 Å². The Morgan fingerprint density at radius 3 is 2.50 bits per heavy atom. The lowest BCUT2D eigenvalue weighted by Crippen LogP contribution is -2.40. The average Bonchev–Trinajstić information content (AvgIpc) is 3.51. The third-order valence-corrected chi connectivity index (χ3v) is 8.31. The van der Waals surface area contributed by atoms with Crippen LogP contribution in [-0.4, -0.2) is 17.3 Å². The molecule has 0 saturated carbocycles. The second-order valence-corrected chi connectivity index (χ2v) is 11.4. The van der Waals surface area contributed by atoms with E-state index < -0.39 is 6.04 Å². The first-order valence-corrected chi connectivity index (χ1v) is 14.1. The number of allylic oxidation sites excluding steroid dienone is 1. The Morgan fingerprint density at radius 1 is 1.10 bits per heavy atom. The van der Waals surface area contributed by atoms with Gasteiger partial charge in [-0.05, 0) is 53.8 Å². The molecule has 4 aromatic rings. The summed E-state index contributed by atoms with van der Waals surface area (Å²) in [6, 6.07) is 20.1. The van der Waals surface area contributed by atoms with Crippen LogP contribution in [0.25, 0.3) is 6.08 Å². The van der Waals surface area contributed by atoms with Gasteiger partial charge in [-0.3, -0.25) is 14.2 Å². The minimum atomic E-state index is -0.657. The number of nitrogens with zero attached hydrogens (tertiary/aromatic N) is 2. The van der Waals surface area contributed by atoms with Crippen molar-refractivity contribution in [3.63, 3.8) is 0 Å². The summed E-state index contributed by atoms with van der Waals surface area (Å²) in [6.07, 6.45) is 1.73. The van der Waals surface area contributed by atoms with E-state index in [1.54, 1.807) is 29.7 Å². The quantitative estimate of drug-likeness (QED) is 0.349. The first kappa shape index (κ1) is 26.1. The molecule has 6 rings (SSSR count). The highest BCUT2D eigenvalue weighted by molar-refractivity contribution is 7.07. The lowest BCUT2D eigenvalue weighted by molar-refractivity contribution is -0.113. The van der Waals surface area contributed by atoms with Crippen LogP contribution in [0.5, 0.6) is 11.5 Å². The summed E-state index contributed by atoms with van der Waals surface area (Å²) in [6.45, 7) is 6.19. The molecule has 3 aromatic carbocycles. The van der Waals surface area contributed by atoms with Crippen molar-refractivity contribution in [3.8, 4) is 11.5 Å². The molecule has 0 aliphatic carbocycles. The Balaban J connectivity index is 1.50. The highest BCUT2D eigenvalue weighted by atomic mass is 35.5. The molecule has 3 heterocycles. The van der Waals surface area contributed by atoms with E-state index in [1.165, 1.54) is 16.9 Å². The summed E-state index contributed by atoms with van der Waals surface area (Å²) in [4.78, 5) is 32.9. The molecule has 0 spiro atoms. The number of carbonyl (C=O) groups is 1. The minimum Gasteiger partial charge on any atom is -0.454 e. The number of hydrogen-bond donors (Lipinski definition) is 1. The number of benzene rings is 3. The van der Waals surface area contributed by atoms with Gasteiger partial charge in [-0.25, -0.2) is 4.99 Å². The van der Waals surface area contributed by atoms with Crippen molar-refractivity contribution in [1.82, 2.24) is 4.57 Å². The summed E-state index contributed by atoms with van der Waals surface area (Å²) < 4.78 is 13.0. The van der Waals surface area contributed by atoms with Crippen LogP contribution in [0.4, 0.5) is 5.69 Å². The van der Waals surface area contributed by atoms with E-state index >= 15 is 0 Å². The molecule has 0 unspecified atom stereocenters. The highest BCUT2D eigenvalue weighted by Gasteiger charge is 2.32. The molecule has 0 saturated heterocycles. The van der Waals surface area contributed by atoms with Crippen LogP contribution < -0.4 is 29.7 Å². The molecule has 40 heavy (non-hydrogen) atoms. The number of thiazole rings is 1. The maximum Gasteiger partial charge on any atom is 0.271 e. The fourth-order valence-electron chi connectivity index (χ4n) is 4.90. The number of ether oxygens (including phenoxy) is 2. The average molecular weight is 572 g/mol. The van der Waals surface area contributed by atoms with Gasteiger partial charge in [-0.2, -0.15) is 0 Å². The number of fused-ring (bicyclic) bond motifs is 2. The lowest BCUT2D eigenvalue weighted by atomic mass is 9.93. The third-order valence-electron chi connectivity index (χ3n) is 7.00. The number of carbonyl (C=O) groups excluding carboxylic acids is 1. The van der Waals surface area contributed by atoms with Crippen molar-refractivity contribution in [2.45, 2.75) is 32.7 Å². The zero-order chi connectivity index (χ0) is 28.0. The molecule has 0 fully saturated rings. The predicted octanol–water partition coefficient (Wildman–Crippen LogP) is 5.38. The molecule has 1 amide bonds. The minimum absolute atomic E-state index is 0.125. The van der Waals surface area contributed by atoms with Crippen molar-refractivity contribution >= 4 is 40.6 Å². The van der Waals surface area contributed by atoms with Crippen LogP contribution in [-0.2, 0) is 4.79 Å². The number of anilines is 1. The number of hydrogen-bond acceptors (Lipinski definition) is 6. The van der Waals surface area contributed by atoms with E-state index in [9.17, 15) is 9.59 Å². The first-order valence-electron chi connectivity index (χ1n) is 12.9. The van der Waals surface area contributed by atoms with E-state index in [4.69, 9.17) is 26.1 Å². The molecule has 1 atom stereocenters. The van der Waals surface area contributed by atoms with Crippen LogP contribution in [0.3, 0.4) is 0 Å². The van der Waals surface area contributed by atoms with E-state index in [0.717, 1.165) is 5.56 Å². The first-order chi connectivity index (χ1) is 19.3. The number of nitrogens with one attached hydrogen (secondary N) is 1. The van der Waals surface area contributed by atoms with Crippen molar-refractivity contribution in [1.29, 1.82) is 0 Å². The standard InChI is InChI=1S/C31H26ClN3O4S/c1-17(2)19-9-11-20(12-10-19)28-27(29(36)34-22-7-5-4-6-8-22)18(3)33-31-35(28)30(37)26(40-31)14-21-13-24-25(15-23(21)32)39-16-38-24/h4-15,17,28H,16H2,1-3H3,(H,34,36)/b26-14-/t28-/m1/s1. The van der Waals surface area contributed by atoms with E-state index in [-0.39, 0.29) is 18.3 Å². The highest BCUT2D eigenvalue weighted by Crippen LogP contribution is 2.37. The number of aromatic nitrogens is 1. The predicted molar refractivity (Wildman–Crippen MR) is 157 cm³/mol. The van der Waals surface area contributed by atoms with Crippen molar-refractivity contribution < 1.29 is 14.3 Å². The van der Waals surface area contributed by atoms with Crippen molar-refractivity contribution in [2.24, 2.45) is 4.99 Å². The summed E-state index contributed by atoms with van der Waals surface area (Å²) >= 11 is 7.77. The van der Waals surface area contributed by atoms with Gasteiger partial charge in [0.1, 0.15) is 0 Å². The second kappa shape index (κ2) is 10.4. The Kier molecular flexibility index (Phi) is 6.82. The van der Waals surface area contributed by atoms with Gasteiger partial charge in [0.2, 0.25) is 6.79 Å². The van der Waals surface area contributed by atoms with Gasteiger partial charge in [0, 0.05) is 11.8 Å². The SMILES string of the molecule is CC1=C(C(=O)Nc2ccccc2)[C@@H](c2ccc(C(C)C)cc2)n2c(s/c(=C\c3cc4c(cc3Cl)OCO4)c2=O)=N1. The monoisotopic (exact) mass is 571 g/mol. The van der Waals surface area contributed by atoms with Crippen molar-refractivity contribution in [3.05, 3.63) is 119 Å². The molecule has 2 aliphatic heterocycles. The summed E-state index contributed by atoms with van der Waals surface area (Å²) in [5.74, 6) is 1.18. The van der Waals surface area contributed by atoms with Crippen LogP contribution >= 0.6 is 22.9 Å². The number of amides is 1. The zero-order valence-corrected chi connectivity index (χ0v) is 23.7. The number of halogens is 1. The van der Waals surface area contributed by atoms with Crippen LogP contribution in [0.15, 0.2) is 87.8 Å². The van der Waals surface area contributed by atoms with Crippen molar-refractivity contribution in [2.75, 3.05) is 12.1 Å². The van der Waals surface area contributed by atoms with Gasteiger partial charge in [-0.15, -0.1) is 0 Å². The molecule has 1 aromatic heterocycles. The molecule has 9 heteroatoms. The molecule has 7 nitrogen and oxygen atoms in total. The van der Waals surface area contributed by atoms with Gasteiger partial charge in [0.15, 0.2) is 16.3 Å². The van der Waals surface area contributed by atoms with Gasteiger partial charge in [0.05, 0.1) is 26.9 Å². The van der Waals surface area contributed by atoms with Gasteiger partial charge >= 0.3 is 0 Å². The van der Waals surface area contributed by atoms with E-state index in [1.807, 2.05) is 54.6 Å². The number of para-hydroxylation sites is 1. The Bertz CT molecular complexity index is 1840. The fraction of sp³-hybridized carbons (Fsp3) is 0.194.